The minimum atomic E-state index is 0. The predicted molar refractivity (Wildman–Crippen MR) is 121 cm³/mol. The fraction of sp³-hybridized carbons (Fsp3) is 0.316. The van der Waals surface area contributed by atoms with E-state index in [0.717, 1.165) is 49.5 Å². The zero-order valence-corrected chi connectivity index (χ0v) is 18.0. The average Bonchev–Trinajstić information content (AvgIpc) is 3.07. The smallest absolute Gasteiger partial charge is 0.190 e. The number of aromatic nitrogens is 2. The topological polar surface area (TPSA) is 62.2 Å². The molecule has 2 aromatic heterocycles. The molecular weight excluding hydrogens is 457 g/mol. The molecule has 0 radical (unpaired) electrons. The van der Waals surface area contributed by atoms with Crippen LogP contribution in [0.2, 0.25) is 0 Å². The van der Waals surface area contributed by atoms with E-state index in [9.17, 15) is 0 Å². The Balaban J connectivity index is 0.00000243. The van der Waals surface area contributed by atoms with E-state index in [1.807, 2.05) is 30.5 Å². The monoisotopic (exact) mass is 481 g/mol. The summed E-state index contributed by atoms with van der Waals surface area (Å²) in [7, 11) is 1.80. The zero-order valence-electron chi connectivity index (χ0n) is 14.8. The Morgan fingerprint density at radius 1 is 1.04 bits per heavy atom. The summed E-state index contributed by atoms with van der Waals surface area (Å²) in [5.74, 6) is 0.834. The molecule has 0 fully saturated rings. The number of guanidine groups is 1. The van der Waals surface area contributed by atoms with Crippen molar-refractivity contribution in [1.82, 2.24) is 20.6 Å². The van der Waals surface area contributed by atoms with E-state index < -0.39 is 0 Å². The Kier molecular flexibility index (Phi) is 8.76. The highest BCUT2D eigenvalue weighted by Crippen LogP contribution is 2.22. The first-order valence-corrected chi connectivity index (χ1v) is 9.35. The molecule has 26 heavy (non-hydrogen) atoms. The SMILES string of the molecule is CN=C(NCCCc1nc2ccccc2s1)NCCc1ccccn1.I. The largest absolute Gasteiger partial charge is 0.356 e. The number of hydrogen-bond donors (Lipinski definition) is 2. The highest BCUT2D eigenvalue weighted by atomic mass is 127. The van der Waals surface area contributed by atoms with Gasteiger partial charge in [0.05, 0.1) is 15.2 Å². The van der Waals surface area contributed by atoms with Gasteiger partial charge in [-0.25, -0.2) is 4.98 Å². The number of para-hydroxylation sites is 1. The number of hydrogen-bond acceptors (Lipinski definition) is 4. The second-order valence-corrected chi connectivity index (χ2v) is 6.79. The quantitative estimate of drug-likeness (QED) is 0.234. The lowest BCUT2D eigenvalue weighted by Crippen LogP contribution is -2.38. The van der Waals surface area contributed by atoms with Crippen molar-refractivity contribution >= 4 is 51.5 Å². The summed E-state index contributed by atoms with van der Waals surface area (Å²) >= 11 is 1.78. The summed E-state index contributed by atoms with van der Waals surface area (Å²) in [4.78, 5) is 13.3. The van der Waals surface area contributed by atoms with Crippen LogP contribution in [-0.4, -0.2) is 36.1 Å². The highest BCUT2D eigenvalue weighted by Gasteiger charge is 2.03. The van der Waals surface area contributed by atoms with Crippen molar-refractivity contribution in [2.24, 2.45) is 4.99 Å². The molecular formula is C19H24IN5S. The molecule has 0 unspecified atom stereocenters. The first-order chi connectivity index (χ1) is 12.3. The van der Waals surface area contributed by atoms with Gasteiger partial charge in [0.15, 0.2) is 5.96 Å². The Morgan fingerprint density at radius 2 is 1.85 bits per heavy atom. The van der Waals surface area contributed by atoms with E-state index in [1.54, 1.807) is 18.4 Å². The van der Waals surface area contributed by atoms with Crippen LogP contribution in [0.15, 0.2) is 53.7 Å². The van der Waals surface area contributed by atoms with Gasteiger partial charge in [0.25, 0.3) is 0 Å². The fourth-order valence-corrected chi connectivity index (χ4v) is 3.56. The first kappa shape index (κ1) is 20.6. The van der Waals surface area contributed by atoms with Gasteiger partial charge in [0.1, 0.15) is 0 Å². The number of benzene rings is 1. The predicted octanol–water partition coefficient (Wildman–Crippen LogP) is 3.65. The molecule has 0 amide bonds. The summed E-state index contributed by atoms with van der Waals surface area (Å²) in [6.45, 7) is 1.69. The van der Waals surface area contributed by atoms with Crippen LogP contribution in [0.5, 0.6) is 0 Å². The van der Waals surface area contributed by atoms with Crippen LogP contribution < -0.4 is 10.6 Å². The summed E-state index contributed by atoms with van der Waals surface area (Å²) in [6, 6.07) is 14.3. The van der Waals surface area contributed by atoms with Gasteiger partial charge in [-0.2, -0.15) is 0 Å². The van der Waals surface area contributed by atoms with E-state index in [4.69, 9.17) is 0 Å². The first-order valence-electron chi connectivity index (χ1n) is 8.54. The lowest BCUT2D eigenvalue weighted by atomic mass is 10.3. The molecule has 0 spiro atoms. The van der Waals surface area contributed by atoms with Gasteiger partial charge in [-0.3, -0.25) is 9.98 Å². The Labute approximate surface area is 175 Å². The summed E-state index contributed by atoms with van der Waals surface area (Å²) < 4.78 is 1.26. The number of fused-ring (bicyclic) bond motifs is 1. The molecule has 0 bridgehead atoms. The van der Waals surface area contributed by atoms with Gasteiger partial charge in [-0.1, -0.05) is 18.2 Å². The average molecular weight is 481 g/mol. The third-order valence-corrected chi connectivity index (χ3v) is 4.92. The van der Waals surface area contributed by atoms with Gasteiger partial charge in [0, 0.05) is 44.9 Å². The van der Waals surface area contributed by atoms with Crippen molar-refractivity contribution in [2.75, 3.05) is 20.1 Å². The Morgan fingerprint density at radius 3 is 2.62 bits per heavy atom. The number of rotatable bonds is 7. The molecule has 0 saturated carbocycles. The van der Waals surface area contributed by atoms with Crippen LogP contribution in [0.1, 0.15) is 17.1 Å². The maximum Gasteiger partial charge on any atom is 0.190 e. The summed E-state index contributed by atoms with van der Waals surface area (Å²) in [5.41, 5.74) is 2.18. The van der Waals surface area contributed by atoms with Crippen LogP contribution in [0.3, 0.4) is 0 Å². The standard InChI is InChI=1S/C19H23N5S.HI/c1-20-19(23-14-11-15-7-4-5-12-21-15)22-13-6-10-18-24-16-8-2-3-9-17(16)25-18;/h2-5,7-9,12H,6,10-11,13-14H2,1H3,(H2,20,22,23);1H. The molecule has 5 nitrogen and oxygen atoms in total. The number of pyridine rings is 1. The van der Waals surface area contributed by atoms with Crippen molar-refractivity contribution in [3.63, 3.8) is 0 Å². The molecule has 0 aliphatic carbocycles. The minimum Gasteiger partial charge on any atom is -0.356 e. The molecule has 2 N–H and O–H groups in total. The van der Waals surface area contributed by atoms with Crippen LogP contribution in [-0.2, 0) is 12.8 Å². The fourth-order valence-electron chi connectivity index (χ4n) is 2.55. The normalized spacial score (nSPS) is 11.2. The van der Waals surface area contributed by atoms with E-state index in [0.29, 0.717) is 0 Å². The second-order valence-electron chi connectivity index (χ2n) is 5.68. The van der Waals surface area contributed by atoms with Crippen LogP contribution in [0, 0.1) is 0 Å². The zero-order chi connectivity index (χ0) is 17.3. The van der Waals surface area contributed by atoms with Gasteiger partial charge in [0.2, 0.25) is 0 Å². The molecule has 0 aliphatic heterocycles. The summed E-state index contributed by atoms with van der Waals surface area (Å²) in [5, 5.41) is 7.87. The van der Waals surface area contributed by atoms with E-state index in [2.05, 4.69) is 43.8 Å². The minimum absolute atomic E-state index is 0. The Hall–Kier alpha value is -1.74. The maximum absolute atomic E-state index is 4.67. The van der Waals surface area contributed by atoms with E-state index in [1.165, 1.54) is 9.71 Å². The van der Waals surface area contributed by atoms with Crippen molar-refractivity contribution in [3.8, 4) is 0 Å². The second kappa shape index (κ2) is 11.1. The van der Waals surface area contributed by atoms with Crippen LogP contribution >= 0.6 is 35.3 Å². The number of halogens is 1. The van der Waals surface area contributed by atoms with E-state index >= 15 is 0 Å². The van der Waals surface area contributed by atoms with Crippen LogP contribution in [0.25, 0.3) is 10.2 Å². The van der Waals surface area contributed by atoms with Crippen molar-refractivity contribution in [3.05, 3.63) is 59.4 Å². The van der Waals surface area contributed by atoms with Gasteiger partial charge in [-0.15, -0.1) is 35.3 Å². The van der Waals surface area contributed by atoms with Crippen molar-refractivity contribution in [2.45, 2.75) is 19.3 Å². The lowest BCUT2D eigenvalue weighted by molar-refractivity contribution is 0.735. The molecule has 3 rings (SSSR count). The number of thiazole rings is 1. The van der Waals surface area contributed by atoms with Crippen LogP contribution in [0.4, 0.5) is 0 Å². The molecule has 0 aliphatic rings. The number of nitrogens with zero attached hydrogens (tertiary/aromatic N) is 3. The molecule has 3 aromatic rings. The number of nitrogens with one attached hydrogen (secondary N) is 2. The number of aliphatic imine (C=N–C) groups is 1. The molecule has 2 heterocycles. The highest BCUT2D eigenvalue weighted by molar-refractivity contribution is 14.0. The molecule has 0 saturated heterocycles. The summed E-state index contributed by atoms with van der Waals surface area (Å²) in [6.07, 6.45) is 4.72. The third kappa shape index (κ3) is 6.21. The van der Waals surface area contributed by atoms with Gasteiger partial charge < -0.3 is 10.6 Å². The molecule has 1 aromatic carbocycles. The van der Waals surface area contributed by atoms with Crippen molar-refractivity contribution < 1.29 is 0 Å². The van der Waals surface area contributed by atoms with E-state index in [-0.39, 0.29) is 24.0 Å². The molecule has 7 heteroatoms. The third-order valence-electron chi connectivity index (χ3n) is 3.82. The van der Waals surface area contributed by atoms with Crippen molar-refractivity contribution in [1.29, 1.82) is 0 Å². The van der Waals surface area contributed by atoms with Gasteiger partial charge >= 0.3 is 0 Å². The lowest BCUT2D eigenvalue weighted by Gasteiger charge is -2.11. The van der Waals surface area contributed by atoms with Gasteiger partial charge in [-0.05, 0) is 30.7 Å². The molecule has 0 atom stereocenters. The number of aryl methyl sites for hydroxylation is 1. The molecule has 138 valence electrons. The Bertz CT molecular complexity index is 786. The maximum atomic E-state index is 4.67.